The topological polar surface area (TPSA) is 171 Å². The van der Waals surface area contributed by atoms with Gasteiger partial charge in [-0.2, -0.15) is 0 Å². The molecule has 1 saturated carbocycles. The Morgan fingerprint density at radius 2 is 1.71 bits per heavy atom. The van der Waals surface area contributed by atoms with E-state index in [1.54, 1.807) is 34.7 Å². The van der Waals surface area contributed by atoms with E-state index in [2.05, 4.69) is 36.8 Å². The second kappa shape index (κ2) is 17.8. The van der Waals surface area contributed by atoms with Crippen LogP contribution in [0.2, 0.25) is 5.02 Å². The summed E-state index contributed by atoms with van der Waals surface area (Å²) in [7, 11) is 2.82. The monoisotopic (exact) mass is 915 g/mol. The van der Waals surface area contributed by atoms with Crippen molar-refractivity contribution in [3.05, 3.63) is 75.6 Å². The molecule has 4 aromatic rings. The van der Waals surface area contributed by atoms with Crippen molar-refractivity contribution in [3.63, 3.8) is 0 Å². The molecular weight excluding hydrogens is 860 g/mol. The minimum Gasteiger partial charge on any atom is -0.400 e. The van der Waals surface area contributed by atoms with Crippen molar-refractivity contribution < 1.29 is 33.1 Å². The highest BCUT2D eigenvalue weighted by Crippen LogP contribution is 2.52. The molecule has 346 valence electrons. The van der Waals surface area contributed by atoms with E-state index in [0.29, 0.717) is 104 Å². The second-order valence-electron chi connectivity index (χ2n) is 18.2. The Hall–Kier alpha value is -5.43. The summed E-state index contributed by atoms with van der Waals surface area (Å²) in [5.41, 5.74) is 5.23. The fourth-order valence-electron chi connectivity index (χ4n) is 10.4. The quantitative estimate of drug-likeness (QED) is 0.174. The van der Waals surface area contributed by atoms with Crippen molar-refractivity contribution in [1.29, 1.82) is 0 Å². The predicted octanol–water partition coefficient (Wildman–Crippen LogP) is 5.21. The molecule has 19 heteroatoms. The number of rotatable bonds is 9. The average molecular weight is 916 g/mol. The highest BCUT2D eigenvalue weighted by atomic mass is 35.5. The van der Waals surface area contributed by atoms with Gasteiger partial charge in [0.05, 0.1) is 34.6 Å². The van der Waals surface area contributed by atoms with Crippen LogP contribution in [-0.2, 0) is 17.8 Å². The number of alkyl halides is 2. The number of likely N-dealkylation sites (tertiary alicyclic amines) is 3. The highest BCUT2D eigenvalue weighted by Gasteiger charge is 2.63. The zero-order chi connectivity index (χ0) is 45.8. The molecule has 10 rings (SSSR count). The van der Waals surface area contributed by atoms with Crippen LogP contribution >= 0.6 is 11.6 Å². The van der Waals surface area contributed by atoms with E-state index in [4.69, 9.17) is 21.8 Å². The first-order valence-electron chi connectivity index (χ1n) is 22.6. The molecule has 5 fully saturated rings. The van der Waals surface area contributed by atoms with Gasteiger partial charge >= 0.3 is 6.03 Å². The Bertz CT molecular complexity index is 2520. The lowest BCUT2D eigenvalue weighted by molar-refractivity contribution is -0.234. The van der Waals surface area contributed by atoms with E-state index in [1.807, 2.05) is 30.1 Å². The molecule has 4 N–H and O–H groups in total. The molecule has 0 unspecified atom stereocenters. The number of aliphatic hydroxyl groups excluding tert-OH is 1. The van der Waals surface area contributed by atoms with Crippen LogP contribution in [0.3, 0.4) is 0 Å². The van der Waals surface area contributed by atoms with Crippen molar-refractivity contribution in [2.75, 3.05) is 81.6 Å². The Kier molecular flexibility index (Phi) is 12.2. The third kappa shape index (κ3) is 8.16. The smallest absolute Gasteiger partial charge is 0.328 e. The van der Waals surface area contributed by atoms with Gasteiger partial charge < -0.3 is 25.5 Å². The Morgan fingerprint density at radius 1 is 0.954 bits per heavy atom. The molecule has 1 spiro atoms. The van der Waals surface area contributed by atoms with E-state index in [1.165, 1.54) is 4.90 Å². The van der Waals surface area contributed by atoms with E-state index < -0.39 is 17.4 Å². The first-order valence-corrected chi connectivity index (χ1v) is 22.9. The van der Waals surface area contributed by atoms with Crippen LogP contribution in [0.4, 0.5) is 36.5 Å². The molecule has 5 amide bonds. The summed E-state index contributed by atoms with van der Waals surface area (Å²) in [6.45, 7) is 5.00. The summed E-state index contributed by atoms with van der Waals surface area (Å²) < 4.78 is 34.2. The van der Waals surface area contributed by atoms with Gasteiger partial charge in [0.2, 0.25) is 5.91 Å². The van der Waals surface area contributed by atoms with Crippen LogP contribution in [0.15, 0.2) is 42.6 Å². The number of aromatic nitrogens is 3. The Balaban J connectivity index is 0.00000263. The molecule has 0 bridgehead atoms. The number of nitrogens with zero attached hydrogens (tertiary/aromatic N) is 8. The maximum Gasteiger partial charge on any atom is 0.328 e. The van der Waals surface area contributed by atoms with Gasteiger partial charge in [-0.15, -0.1) is 5.10 Å². The van der Waals surface area contributed by atoms with Crippen molar-refractivity contribution in [3.8, 4) is 0 Å². The van der Waals surface area contributed by atoms with Gasteiger partial charge in [0.25, 0.3) is 17.7 Å². The highest BCUT2D eigenvalue weighted by molar-refractivity contribution is 6.35. The molecular formula is C46H56ClF2N11O5. The Morgan fingerprint density at radius 3 is 2.40 bits per heavy atom. The number of hydrogen-bond donors (Lipinski definition) is 4. The normalized spacial score (nSPS) is 21.1. The van der Waals surface area contributed by atoms with Crippen molar-refractivity contribution >= 4 is 63.9 Å². The van der Waals surface area contributed by atoms with E-state index in [0.717, 1.165) is 55.3 Å². The minimum absolute atomic E-state index is 0.115. The minimum atomic E-state index is -2.86. The van der Waals surface area contributed by atoms with Gasteiger partial charge in [0.1, 0.15) is 0 Å². The van der Waals surface area contributed by atoms with E-state index in [9.17, 15) is 19.2 Å². The number of nitrogens with one attached hydrogen (secondary N) is 3. The maximum atomic E-state index is 16.3. The van der Waals surface area contributed by atoms with Gasteiger partial charge in [0.15, 0.2) is 17.2 Å². The third-order valence-corrected chi connectivity index (χ3v) is 14.9. The van der Waals surface area contributed by atoms with Crippen LogP contribution in [-0.4, -0.2) is 143 Å². The zero-order valence-electron chi connectivity index (χ0n) is 37.0. The standard InChI is InChI=1S/C45H52ClF2N11O4.CH4O/c1-27-19-29(20-35(39(27)46)58-17-12-38(60)52-43(58)63)42(62)55-14-9-31(10-15-55)56-24-44(25-56)13-18-54(26-45(44,47)48)23-28-5-3-8-34-32(28)11-16-57(34)37-21-33(49-2)40-50-22-36(59(40)53-37)41(61)51-30-6-4-7-30;1-2/h3,5,8,19-22,30-31,49H,4,6-7,9-18,23-26H2,1-2H3,(H,51,61)(H,52,60,63);2H,1H3. The van der Waals surface area contributed by atoms with Crippen LogP contribution in [0.25, 0.3) is 5.65 Å². The number of carbonyl (C=O) groups is 4. The van der Waals surface area contributed by atoms with Crippen LogP contribution in [0, 0.1) is 12.3 Å². The van der Waals surface area contributed by atoms with E-state index in [-0.39, 0.29) is 49.3 Å². The Labute approximate surface area is 381 Å². The molecule has 4 saturated heterocycles. The predicted molar refractivity (Wildman–Crippen MR) is 242 cm³/mol. The first-order chi connectivity index (χ1) is 31.3. The van der Waals surface area contributed by atoms with Gasteiger partial charge in [-0.3, -0.25) is 34.4 Å². The summed E-state index contributed by atoms with van der Waals surface area (Å²) >= 11 is 6.57. The van der Waals surface area contributed by atoms with Crippen LogP contribution < -0.4 is 25.8 Å². The lowest BCUT2D eigenvalue weighted by atomic mass is 9.68. The second-order valence-corrected chi connectivity index (χ2v) is 18.6. The zero-order valence-corrected chi connectivity index (χ0v) is 37.8. The third-order valence-electron chi connectivity index (χ3n) is 14.4. The molecule has 6 aliphatic rings. The molecule has 5 aliphatic heterocycles. The number of anilines is 4. The lowest BCUT2D eigenvalue weighted by Gasteiger charge is -2.60. The number of piperidine rings is 2. The molecule has 2 aromatic heterocycles. The number of hydrogen-bond acceptors (Lipinski definition) is 11. The number of carbonyl (C=O) groups excluding carboxylic acids is 4. The number of aliphatic hydroxyl groups is 1. The number of urea groups is 1. The van der Waals surface area contributed by atoms with Gasteiger partial charge in [-0.25, -0.2) is 23.1 Å². The molecule has 2 aromatic carbocycles. The molecule has 7 heterocycles. The molecule has 16 nitrogen and oxygen atoms in total. The van der Waals surface area contributed by atoms with Crippen molar-refractivity contribution in [2.45, 2.75) is 82.8 Å². The average Bonchev–Trinajstić information content (AvgIpc) is 3.91. The van der Waals surface area contributed by atoms with Gasteiger partial charge in [0, 0.05) is 95.8 Å². The van der Waals surface area contributed by atoms with Crippen LogP contribution in [0.5, 0.6) is 0 Å². The number of benzene rings is 2. The van der Waals surface area contributed by atoms with Crippen LogP contribution in [0.1, 0.15) is 82.5 Å². The summed E-state index contributed by atoms with van der Waals surface area (Å²) in [5.74, 6) is -2.91. The molecule has 0 atom stereocenters. The van der Waals surface area contributed by atoms with E-state index >= 15 is 8.78 Å². The molecule has 1 aliphatic carbocycles. The number of fused-ring (bicyclic) bond motifs is 2. The summed E-state index contributed by atoms with van der Waals surface area (Å²) in [5, 5.41) is 20.9. The fourth-order valence-corrected chi connectivity index (χ4v) is 10.7. The number of imidazole rings is 1. The summed E-state index contributed by atoms with van der Waals surface area (Å²) in [4.78, 5) is 65.1. The summed E-state index contributed by atoms with van der Waals surface area (Å²) in [6.07, 6.45) is 7.29. The van der Waals surface area contributed by atoms with Crippen molar-refractivity contribution in [2.24, 2.45) is 5.41 Å². The molecule has 65 heavy (non-hydrogen) atoms. The number of imide groups is 1. The van der Waals surface area contributed by atoms with Gasteiger partial charge in [-0.1, -0.05) is 23.7 Å². The summed E-state index contributed by atoms with van der Waals surface area (Å²) in [6, 6.07) is 11.1. The largest absolute Gasteiger partial charge is 0.400 e. The molecule has 0 radical (unpaired) electrons. The SMILES string of the molecule is CNc1cc(N2CCc3c(CN4CCC5(CN(C6CCN(C(=O)c7cc(C)c(Cl)c(N8CCC(=O)NC8=O)c7)CC6)C5)C(F)(F)C4)cccc32)nn2c(C(=O)NC3CCC3)cnc12.CO. The number of amides is 5. The van der Waals surface area contributed by atoms with Crippen molar-refractivity contribution in [1.82, 2.24) is 39.9 Å². The first kappa shape index (κ1) is 44.8. The lowest BCUT2D eigenvalue weighted by Crippen LogP contribution is -2.72. The number of halogens is 3. The number of aryl methyl sites for hydroxylation is 1. The van der Waals surface area contributed by atoms with Gasteiger partial charge in [-0.05, 0) is 93.3 Å². The fraction of sp³-hybridized carbons (Fsp3) is 0.522. The maximum absolute atomic E-state index is 16.3.